The third kappa shape index (κ3) is 1960. The normalized spacial score (nSPS) is 6.00. The number of rotatable bonds is 0. The van der Waals surface area contributed by atoms with Gasteiger partial charge in [0.1, 0.15) is 0 Å². The molecule has 0 N–H and O–H groups in total. The van der Waals surface area contributed by atoms with Crippen molar-refractivity contribution in [1.29, 1.82) is 0 Å². The van der Waals surface area contributed by atoms with Crippen LogP contribution in [0, 0.1) is 0 Å². The second-order valence-corrected chi connectivity index (χ2v) is 11.9. The van der Waals surface area contributed by atoms with Crippen molar-refractivity contribution in [3.63, 3.8) is 0 Å². The van der Waals surface area contributed by atoms with Gasteiger partial charge in [-0.25, -0.2) is 0 Å². The first kappa shape index (κ1) is 117. The summed E-state index contributed by atoms with van der Waals surface area (Å²) in [5.74, 6) is 0. The smallest absolute Gasteiger partial charge is 0.796 e. The van der Waals surface area contributed by atoms with Crippen LogP contribution >= 0.6 is 0 Å². The van der Waals surface area contributed by atoms with Crippen LogP contribution in [-0.4, -0.2) is 69.0 Å². The van der Waals surface area contributed by atoms with Gasteiger partial charge in [-0.15, -0.1) is 0 Å². The molecule has 0 atom stereocenters. The van der Waals surface area contributed by atoms with Gasteiger partial charge in [0.2, 0.25) is 0 Å². The Kier molecular flexibility index (Phi) is 473. The van der Waals surface area contributed by atoms with Crippen molar-refractivity contribution < 1.29 is 98.9 Å². The van der Waals surface area contributed by atoms with E-state index in [1.165, 1.54) is 0 Å². The zero-order valence-corrected chi connectivity index (χ0v) is 44.0. The van der Waals surface area contributed by atoms with Gasteiger partial charge in [-0.05, 0) is 0 Å². The fraction of sp³-hybridized carbons (Fsp3) is 1.00. The predicted molar refractivity (Wildman–Crippen MR) is 215 cm³/mol. The molecule has 18 heteroatoms. The summed E-state index contributed by atoms with van der Waals surface area (Å²) >= 11 is 52.2. The molecular formula is C24H60Ni6S12. The van der Waals surface area contributed by atoms with E-state index in [2.05, 4.69) is 152 Å². The van der Waals surface area contributed by atoms with Crippen LogP contribution in [0.25, 0.3) is 0 Å². The standard InChI is InChI=1S/6C3H8S.6CH4S.6Ni/c6*1-3(2)4;6*1-2;;;;;;/h6*3-4H,1-2H3;6*2H,1H3;;;;;;/q;;;;;;;;;;;;6*+2/p-12. The Labute approximate surface area is 396 Å². The van der Waals surface area contributed by atoms with Crippen LogP contribution in [0.5, 0.6) is 0 Å². The zero-order chi connectivity index (χ0) is 33.5. The molecule has 0 aromatic heterocycles. The van der Waals surface area contributed by atoms with E-state index in [0.29, 0.717) is 31.5 Å². The maximum atomic E-state index is 4.62. The molecule has 42 heavy (non-hydrogen) atoms. The van der Waals surface area contributed by atoms with Gasteiger partial charge in [0.05, 0.1) is 0 Å². The molecule has 0 bridgehead atoms. The minimum atomic E-state index is 0. The van der Waals surface area contributed by atoms with E-state index in [9.17, 15) is 0 Å². The Hall–Kier alpha value is 7.16. The van der Waals surface area contributed by atoms with Crippen molar-refractivity contribution in [2.45, 2.75) is 115 Å². The fourth-order valence-electron chi connectivity index (χ4n) is 0. The minimum absolute atomic E-state index is 0. The van der Waals surface area contributed by atoms with Crippen molar-refractivity contribution in [1.82, 2.24) is 0 Å². The van der Waals surface area contributed by atoms with E-state index in [1.807, 2.05) is 83.1 Å². The molecule has 0 aliphatic carbocycles. The second-order valence-electron chi connectivity index (χ2n) is 6.29. The molecule has 0 rings (SSSR count). The van der Waals surface area contributed by atoms with Crippen LogP contribution in [0.1, 0.15) is 83.1 Å². The van der Waals surface area contributed by atoms with Gasteiger partial charge in [0.15, 0.2) is 0 Å². The van der Waals surface area contributed by atoms with Gasteiger partial charge in [0, 0.05) is 0 Å². The maximum absolute atomic E-state index is 4.62. The maximum Gasteiger partial charge on any atom is 2.00 e. The van der Waals surface area contributed by atoms with E-state index in [-0.39, 0.29) is 98.9 Å². The van der Waals surface area contributed by atoms with Crippen molar-refractivity contribution in [3.8, 4) is 0 Å². The molecule has 0 saturated heterocycles. The fourth-order valence-corrected chi connectivity index (χ4v) is 0. The molecule has 0 amide bonds. The molecule has 0 nitrogen and oxygen atoms in total. The summed E-state index contributed by atoms with van der Waals surface area (Å²) in [5, 5.41) is 2.50. The quantitative estimate of drug-likeness (QED) is 0.190. The first-order valence-electron chi connectivity index (χ1n) is 10.8. The van der Waals surface area contributed by atoms with Crippen molar-refractivity contribution in [2.75, 3.05) is 37.5 Å². The van der Waals surface area contributed by atoms with Crippen LogP contribution in [0.3, 0.4) is 0 Å². The van der Waals surface area contributed by atoms with Gasteiger partial charge < -0.3 is 152 Å². The Morgan fingerprint density at radius 2 is 0.190 bits per heavy atom. The zero-order valence-electron chi connectivity index (χ0n) is 28.3. The van der Waals surface area contributed by atoms with Crippen LogP contribution in [-0.2, 0) is 250 Å². The molecule has 0 aromatic rings. The van der Waals surface area contributed by atoms with E-state index >= 15 is 0 Å². The van der Waals surface area contributed by atoms with Gasteiger partial charge in [-0.1, -0.05) is 83.1 Å². The van der Waals surface area contributed by atoms with Gasteiger partial charge >= 0.3 is 98.9 Å². The molecule has 0 saturated carbocycles. The molecule has 0 aromatic carbocycles. The summed E-state index contributed by atoms with van der Waals surface area (Å²) in [7, 11) is 0. The summed E-state index contributed by atoms with van der Waals surface area (Å²) < 4.78 is 0. The predicted octanol–water partition coefficient (Wildman–Crippen LogP) is 6.61. The van der Waals surface area contributed by atoms with Crippen molar-refractivity contribution in [2.24, 2.45) is 0 Å². The largest absolute Gasteiger partial charge is 2.00 e. The molecule has 0 heterocycles. The van der Waals surface area contributed by atoms with Gasteiger partial charge in [-0.2, -0.15) is 69.0 Å². The second kappa shape index (κ2) is 169. The molecule has 0 aliphatic heterocycles. The summed E-state index contributed by atoms with van der Waals surface area (Å²) in [6.45, 7) is 23.8. The Bertz CT molecular complexity index is 133. The third-order valence-electron chi connectivity index (χ3n) is 0. The first-order valence-corrected chi connectivity index (χ1v) is 18.5. The molecule has 0 spiro atoms. The molecule has 0 fully saturated rings. The van der Waals surface area contributed by atoms with E-state index in [1.54, 1.807) is 37.5 Å². The van der Waals surface area contributed by atoms with Crippen LogP contribution in [0.4, 0.5) is 0 Å². The first-order chi connectivity index (χ1) is 16.4. The van der Waals surface area contributed by atoms with Gasteiger partial charge in [-0.3, -0.25) is 0 Å². The number of hydrogen-bond donors (Lipinski definition) is 0. The molecule has 0 aliphatic rings. The number of hydrogen-bond acceptors (Lipinski definition) is 12. The van der Waals surface area contributed by atoms with Gasteiger partial charge in [0.25, 0.3) is 0 Å². The van der Waals surface area contributed by atoms with Crippen LogP contribution < -0.4 is 0 Å². The average molecular weight is 1090 g/mol. The Morgan fingerprint density at radius 3 is 0.190 bits per heavy atom. The van der Waals surface area contributed by atoms with E-state index in [4.69, 9.17) is 0 Å². The monoisotopic (exact) mass is 1080 g/mol. The van der Waals surface area contributed by atoms with Crippen molar-refractivity contribution >= 4 is 152 Å². The van der Waals surface area contributed by atoms with E-state index in [0.717, 1.165) is 0 Å². The Morgan fingerprint density at radius 1 is 0.190 bits per heavy atom. The van der Waals surface area contributed by atoms with Crippen LogP contribution in [0.15, 0.2) is 0 Å². The van der Waals surface area contributed by atoms with Crippen LogP contribution in [0.2, 0.25) is 0 Å². The van der Waals surface area contributed by atoms with Crippen molar-refractivity contribution in [3.05, 3.63) is 0 Å². The topological polar surface area (TPSA) is 0 Å². The average Bonchev–Trinajstić information content (AvgIpc) is 2.74. The summed E-state index contributed by atoms with van der Waals surface area (Å²) in [5.41, 5.74) is 0. The summed E-state index contributed by atoms with van der Waals surface area (Å²) in [6.07, 6.45) is 9.50. The van der Waals surface area contributed by atoms with E-state index < -0.39 is 0 Å². The minimum Gasteiger partial charge on any atom is -0.796 e. The summed E-state index contributed by atoms with van der Waals surface area (Å²) in [4.78, 5) is 0. The molecular weight excluding hydrogens is 1030 g/mol. The summed E-state index contributed by atoms with van der Waals surface area (Å²) in [6, 6.07) is 0. The Balaban J connectivity index is -0.00000000936. The third-order valence-corrected chi connectivity index (χ3v) is 0. The molecule has 288 valence electrons. The molecule has 0 radical (unpaired) electrons. The SMILES string of the molecule is CC(C)[S-].CC(C)[S-].CC(C)[S-].CC(C)[S-].CC(C)[S-].CC(C)[S-].C[S-].C[S-].C[S-].C[S-].C[S-].C[S-].[Ni+2].[Ni+2].[Ni+2].[Ni+2].[Ni+2].[Ni+2]. The molecule has 0 unspecified atom stereocenters.